The van der Waals surface area contributed by atoms with Gasteiger partial charge < -0.3 is 34.5 Å². The molecule has 18 heteroatoms. The number of nitrogens with zero attached hydrogens (tertiary/aromatic N) is 7. The highest BCUT2D eigenvalue weighted by Crippen LogP contribution is 2.41. The fraction of sp³-hybridized carbons (Fsp3) is 0.364. The van der Waals surface area contributed by atoms with Gasteiger partial charge in [0.05, 0.1) is 56.3 Å². The average Bonchev–Trinajstić information content (AvgIpc) is 3.92. The first kappa shape index (κ1) is 43.3. The van der Waals surface area contributed by atoms with Gasteiger partial charge >= 0.3 is 5.97 Å². The van der Waals surface area contributed by atoms with E-state index in [9.17, 15) is 14.7 Å². The van der Waals surface area contributed by atoms with Crippen LogP contribution in [0, 0.1) is 20.8 Å². The molecule has 3 N–H and O–H groups in total. The number of aromatic nitrogens is 5. The van der Waals surface area contributed by atoms with Crippen LogP contribution in [-0.4, -0.2) is 125 Å². The van der Waals surface area contributed by atoms with Crippen LogP contribution in [0.5, 0.6) is 5.88 Å². The average molecular weight is 901 g/mol. The summed E-state index contributed by atoms with van der Waals surface area (Å²) in [6.45, 7) is 12.3. The van der Waals surface area contributed by atoms with Gasteiger partial charge in [-0.05, 0) is 62.7 Å². The molecule has 0 aliphatic carbocycles. The number of nitrogens with one attached hydrogen (secondary N) is 2. The van der Waals surface area contributed by atoms with Crippen LogP contribution in [0.15, 0.2) is 59.7 Å². The summed E-state index contributed by atoms with van der Waals surface area (Å²) in [7, 11) is 1.56. The zero-order valence-electron chi connectivity index (χ0n) is 34.8. The van der Waals surface area contributed by atoms with Crippen molar-refractivity contribution in [1.29, 1.82) is 0 Å². The van der Waals surface area contributed by atoms with Gasteiger partial charge in [0.25, 0.3) is 0 Å². The van der Waals surface area contributed by atoms with Crippen molar-refractivity contribution in [2.75, 3.05) is 77.7 Å². The number of carbonyl (C=O) groups excluding carboxylic acids is 1. The number of fused-ring (bicyclic) bond motifs is 4. The molecule has 4 aromatic heterocycles. The Morgan fingerprint density at radius 3 is 2.45 bits per heavy atom. The number of thiophene rings is 1. The molecule has 15 nitrogen and oxygen atoms in total. The van der Waals surface area contributed by atoms with E-state index in [0.717, 1.165) is 71.8 Å². The predicted octanol–water partition coefficient (Wildman–Crippen LogP) is 7.06. The van der Waals surface area contributed by atoms with E-state index in [-0.39, 0.29) is 17.9 Å². The third-order valence-corrected chi connectivity index (χ3v) is 13.0. The van der Waals surface area contributed by atoms with Gasteiger partial charge in [0.2, 0.25) is 11.8 Å². The number of hydrogen-bond acceptors (Lipinski definition) is 12. The van der Waals surface area contributed by atoms with Crippen LogP contribution in [0.4, 0.5) is 5.82 Å². The highest BCUT2D eigenvalue weighted by molar-refractivity contribution is 7.15. The maximum Gasteiger partial charge on any atom is 0.337 e. The lowest BCUT2D eigenvalue weighted by Gasteiger charge is -2.35. The molecule has 0 bridgehead atoms. The first-order valence-corrected chi connectivity index (χ1v) is 21.9. The van der Waals surface area contributed by atoms with Gasteiger partial charge in [-0.15, -0.1) is 21.5 Å². The summed E-state index contributed by atoms with van der Waals surface area (Å²) in [5.41, 5.74) is 6.03. The van der Waals surface area contributed by atoms with Crippen LogP contribution in [0.3, 0.4) is 0 Å². The topological polar surface area (TPSA) is 172 Å². The van der Waals surface area contributed by atoms with Crippen LogP contribution in [0.2, 0.25) is 10.0 Å². The Balaban J connectivity index is 0.760. The van der Waals surface area contributed by atoms with E-state index < -0.39 is 12.0 Å². The molecule has 6 aromatic rings. The number of halogens is 2. The molecule has 0 radical (unpaired) electrons. The Kier molecular flexibility index (Phi) is 13.2. The molecular formula is C44H47Cl2N9O6S. The Morgan fingerprint density at radius 2 is 1.71 bits per heavy atom. The highest BCUT2D eigenvalue weighted by Gasteiger charge is 2.32. The number of aromatic amines is 1. The fourth-order valence-electron chi connectivity index (χ4n) is 7.85. The number of aryl methyl sites for hydroxylation is 2. The van der Waals surface area contributed by atoms with Gasteiger partial charge in [-0.25, -0.2) is 4.79 Å². The number of H-pyrrole nitrogens is 1. The van der Waals surface area contributed by atoms with Crippen molar-refractivity contribution < 1.29 is 28.9 Å². The quantitative estimate of drug-likeness (QED) is 0.0850. The van der Waals surface area contributed by atoms with Crippen molar-refractivity contribution >= 4 is 68.8 Å². The van der Waals surface area contributed by atoms with E-state index in [4.69, 9.17) is 47.4 Å². The molecule has 0 saturated carbocycles. The monoisotopic (exact) mass is 899 g/mol. The minimum atomic E-state index is -1.02. The van der Waals surface area contributed by atoms with Crippen LogP contribution >= 0.6 is 34.5 Å². The number of carboxylic acids is 1. The molecule has 62 heavy (non-hydrogen) atoms. The molecule has 324 valence electrons. The summed E-state index contributed by atoms with van der Waals surface area (Å²) in [6, 6.07) is 14.4. The number of methoxy groups -OCH3 is 1. The number of carboxylic acid groups (broad SMARTS) is 1. The van der Waals surface area contributed by atoms with Gasteiger partial charge in [-0.3, -0.25) is 19.3 Å². The number of pyridine rings is 1. The van der Waals surface area contributed by atoms with Gasteiger partial charge in [-0.1, -0.05) is 35.3 Å². The van der Waals surface area contributed by atoms with Crippen molar-refractivity contribution in [2.24, 2.45) is 4.99 Å². The summed E-state index contributed by atoms with van der Waals surface area (Å²) in [5.74, 6) is 1.41. The molecular weight excluding hydrogens is 854 g/mol. The second-order valence-electron chi connectivity index (χ2n) is 15.1. The van der Waals surface area contributed by atoms with E-state index in [1.54, 1.807) is 30.6 Å². The fourth-order valence-corrected chi connectivity index (χ4v) is 9.46. The SMILES string of the molecule is COc1nc(N2CCN(CCOCCOCCNC(=O)C[C@H]3N=C(c4ccc(Cl)cc4)c4c(sc(C)c4C)-n4c(C)nnc43)CC2)ccc1-c1cc2c(C(=O)O)c[nH]c2cc1Cl. The maximum atomic E-state index is 13.3. The molecule has 6 heterocycles. The van der Waals surface area contributed by atoms with Crippen molar-refractivity contribution in [3.8, 4) is 22.0 Å². The normalized spacial score (nSPS) is 15.3. The molecule has 0 spiro atoms. The summed E-state index contributed by atoms with van der Waals surface area (Å²) in [6.07, 6.45) is 1.57. The van der Waals surface area contributed by atoms with E-state index in [1.165, 1.54) is 11.1 Å². The standard InChI is InChI=1S/C44H47Cl2N9O6S/c1-25-26(2)62-43-39(25)40(28-5-7-29(45)8-6-28)49-36(41-52-51-27(3)55(41)43)23-38(56)47-11-17-60-19-20-61-18-16-53-12-14-54(15-13-53)37-10-9-30(42(50-37)59-4)31-21-32-33(44(57)58)24-48-35(32)22-34(31)46/h5-10,21-22,24,36,48H,11-20,23H2,1-4H3,(H,47,56)(H,57,58)/t36-/m1/s1. The van der Waals surface area contributed by atoms with Crippen molar-refractivity contribution in [3.63, 3.8) is 0 Å². The van der Waals surface area contributed by atoms with E-state index in [2.05, 4.69) is 44.1 Å². The summed E-state index contributed by atoms with van der Waals surface area (Å²) in [4.78, 5) is 43.7. The van der Waals surface area contributed by atoms with E-state index in [0.29, 0.717) is 76.8 Å². The van der Waals surface area contributed by atoms with Crippen molar-refractivity contribution in [2.45, 2.75) is 33.2 Å². The summed E-state index contributed by atoms with van der Waals surface area (Å²) < 4.78 is 19.4. The largest absolute Gasteiger partial charge is 0.480 e. The highest BCUT2D eigenvalue weighted by atomic mass is 35.5. The van der Waals surface area contributed by atoms with Gasteiger partial charge in [0.15, 0.2) is 5.82 Å². The predicted molar refractivity (Wildman–Crippen MR) is 241 cm³/mol. The molecule has 2 aromatic carbocycles. The number of piperazine rings is 1. The first-order chi connectivity index (χ1) is 30.0. The third-order valence-electron chi connectivity index (χ3n) is 11.3. The molecule has 2 aliphatic rings. The number of aromatic carboxylic acids is 1. The molecule has 8 rings (SSSR count). The lowest BCUT2D eigenvalue weighted by atomic mass is 9.99. The smallest absolute Gasteiger partial charge is 0.337 e. The zero-order chi connectivity index (χ0) is 43.5. The minimum Gasteiger partial charge on any atom is -0.480 e. The molecule has 1 saturated heterocycles. The summed E-state index contributed by atoms with van der Waals surface area (Å²) >= 11 is 14.5. The van der Waals surface area contributed by atoms with Crippen LogP contribution in [0.1, 0.15) is 56.0 Å². The maximum absolute atomic E-state index is 13.3. The summed E-state index contributed by atoms with van der Waals surface area (Å²) in [5, 5.41) is 24.1. The number of amides is 1. The Labute approximate surface area is 372 Å². The molecule has 2 aliphatic heterocycles. The Morgan fingerprint density at radius 1 is 0.952 bits per heavy atom. The van der Waals surface area contributed by atoms with E-state index >= 15 is 0 Å². The zero-order valence-corrected chi connectivity index (χ0v) is 37.2. The number of rotatable bonds is 16. The molecule has 1 atom stereocenters. The number of anilines is 1. The second kappa shape index (κ2) is 18.9. The van der Waals surface area contributed by atoms with Gasteiger partial charge in [0, 0.05) is 88.5 Å². The number of ether oxygens (including phenoxy) is 3. The number of hydrogen-bond donors (Lipinski definition) is 3. The molecule has 1 amide bonds. The lowest BCUT2D eigenvalue weighted by molar-refractivity contribution is -0.121. The van der Waals surface area contributed by atoms with Crippen molar-refractivity contribution in [1.82, 2.24) is 34.9 Å². The Bertz CT molecular complexity index is 2630. The van der Waals surface area contributed by atoms with Gasteiger partial charge in [0.1, 0.15) is 22.7 Å². The second-order valence-corrected chi connectivity index (χ2v) is 17.2. The van der Waals surface area contributed by atoms with E-state index in [1.807, 2.05) is 47.9 Å². The van der Waals surface area contributed by atoms with Gasteiger partial charge in [-0.2, -0.15) is 4.98 Å². The number of benzene rings is 2. The lowest BCUT2D eigenvalue weighted by Crippen LogP contribution is -2.47. The molecule has 0 unspecified atom stereocenters. The van der Waals surface area contributed by atoms with Crippen LogP contribution in [-0.2, 0) is 14.3 Å². The van der Waals surface area contributed by atoms with Crippen LogP contribution < -0.4 is 15.0 Å². The molecule has 1 fully saturated rings. The van der Waals surface area contributed by atoms with Crippen molar-refractivity contribution in [3.05, 3.63) is 104 Å². The van der Waals surface area contributed by atoms with Crippen LogP contribution in [0.25, 0.3) is 27.0 Å². The number of aliphatic imine (C=N–C) groups is 1. The third kappa shape index (κ3) is 9.07. The number of carbonyl (C=O) groups is 2. The Hall–Kier alpha value is -5.36. The first-order valence-electron chi connectivity index (χ1n) is 20.4. The minimum absolute atomic E-state index is 0.107.